The molecule has 0 saturated heterocycles. The van der Waals surface area contributed by atoms with Crippen molar-refractivity contribution >= 4 is 18.8 Å². The van der Waals surface area contributed by atoms with Crippen molar-refractivity contribution in [3.05, 3.63) is 95.6 Å². The van der Waals surface area contributed by atoms with Gasteiger partial charge in [0.2, 0.25) is 0 Å². The maximum atomic E-state index is 16.1. The minimum atomic E-state index is -3.46. The van der Waals surface area contributed by atoms with Gasteiger partial charge in [-0.05, 0) is 16.4 Å². The molecule has 0 aliphatic heterocycles. The molecule has 1 aliphatic rings. The topological polar surface area (TPSA) is 0 Å². The quantitative estimate of drug-likeness (QED) is 0.459. The summed E-state index contributed by atoms with van der Waals surface area (Å²) in [4.78, 5) is 0. The average Bonchev–Trinajstić information content (AvgIpc) is 2.56. The Bertz CT molecular complexity index is 692. The molecule has 0 N–H and O–H groups in total. The second-order valence-electron chi connectivity index (χ2n) is 4.60. The molecule has 0 unspecified atom stereocenters. The smallest absolute Gasteiger partial charge is 0.295 e. The molecule has 0 atom stereocenters. The summed E-state index contributed by atoms with van der Waals surface area (Å²) in [5.41, 5.74) is 5.84. The monoisotopic (exact) mass is 276 g/mol. The van der Waals surface area contributed by atoms with Crippen molar-refractivity contribution in [1.29, 1.82) is 0 Å². The van der Waals surface area contributed by atoms with Gasteiger partial charge in [0.25, 0.3) is 0 Å². The molecule has 0 spiro atoms. The number of benzene rings is 2. The van der Waals surface area contributed by atoms with Crippen molar-refractivity contribution < 1.29 is 4.11 Å². The molecule has 2 aromatic rings. The summed E-state index contributed by atoms with van der Waals surface area (Å²) >= 11 is 0. The van der Waals surface area contributed by atoms with Gasteiger partial charge in [0.1, 0.15) is 0 Å². The molecule has 96 valence electrons. The lowest BCUT2D eigenvalue weighted by Gasteiger charge is -2.23. The van der Waals surface area contributed by atoms with E-state index >= 15 is 4.11 Å². The molecule has 0 aromatic heterocycles. The molecular formula is C18H13FSi. The Kier molecular flexibility index (Phi) is 3.36. The molecule has 0 fully saturated rings. The molecule has 0 amide bonds. The predicted octanol–water partition coefficient (Wildman–Crippen LogP) is 3.06. The van der Waals surface area contributed by atoms with E-state index in [4.69, 9.17) is 0 Å². The first-order valence-corrected chi connectivity index (χ1v) is 8.38. The fourth-order valence-corrected chi connectivity index (χ4v) is 5.20. The van der Waals surface area contributed by atoms with Gasteiger partial charge in [-0.3, -0.25) is 4.11 Å². The SMILES string of the molecule is F[Si](C1=C=C=CC=C1)(c1ccccc1)c1ccccc1. The van der Waals surface area contributed by atoms with Gasteiger partial charge in [-0.2, -0.15) is 0 Å². The highest BCUT2D eigenvalue weighted by Crippen LogP contribution is 2.19. The van der Waals surface area contributed by atoms with Gasteiger partial charge in [-0.15, -0.1) is 0 Å². The summed E-state index contributed by atoms with van der Waals surface area (Å²) in [6.45, 7) is 0. The normalized spacial score (nSPS) is 13.3. The lowest BCUT2D eigenvalue weighted by Crippen LogP contribution is -2.56. The van der Waals surface area contributed by atoms with Crippen LogP contribution in [0.4, 0.5) is 4.11 Å². The molecule has 20 heavy (non-hydrogen) atoms. The van der Waals surface area contributed by atoms with E-state index in [9.17, 15) is 0 Å². The summed E-state index contributed by atoms with van der Waals surface area (Å²) in [6.07, 6.45) is 5.37. The van der Waals surface area contributed by atoms with E-state index in [-0.39, 0.29) is 0 Å². The third kappa shape index (κ3) is 2.13. The molecule has 0 bridgehead atoms. The number of allylic oxidation sites excluding steroid dienone is 4. The van der Waals surface area contributed by atoms with Crippen LogP contribution in [0.2, 0.25) is 0 Å². The van der Waals surface area contributed by atoms with Gasteiger partial charge in [0.15, 0.2) is 0 Å². The fourth-order valence-electron chi connectivity index (χ4n) is 2.37. The van der Waals surface area contributed by atoms with Gasteiger partial charge >= 0.3 is 8.41 Å². The van der Waals surface area contributed by atoms with Crippen molar-refractivity contribution in [2.45, 2.75) is 0 Å². The highest BCUT2D eigenvalue weighted by Gasteiger charge is 2.42. The maximum Gasteiger partial charge on any atom is 0.347 e. The highest BCUT2D eigenvalue weighted by molar-refractivity contribution is 7.02. The second-order valence-corrected chi connectivity index (χ2v) is 7.61. The third-order valence-electron chi connectivity index (χ3n) is 3.36. The van der Waals surface area contributed by atoms with E-state index in [1.807, 2.05) is 72.8 Å². The number of rotatable bonds is 3. The van der Waals surface area contributed by atoms with E-state index < -0.39 is 8.41 Å². The van der Waals surface area contributed by atoms with Crippen LogP contribution in [-0.2, 0) is 0 Å². The van der Waals surface area contributed by atoms with Crippen LogP contribution in [0, 0.1) is 0 Å². The van der Waals surface area contributed by atoms with Gasteiger partial charge in [-0.25, -0.2) is 0 Å². The maximum absolute atomic E-state index is 16.1. The molecule has 1 aliphatic carbocycles. The summed E-state index contributed by atoms with van der Waals surface area (Å²) in [5, 5.41) is 2.08. The standard InChI is InChI=1S/C18H13FSi/c19-20(16-10-4-1-5-11-16,17-12-6-2-7-13-17)18-14-8-3-9-15-18/h1-8,10-14H. The zero-order valence-corrected chi connectivity index (χ0v) is 11.9. The Balaban J connectivity index is 2.27. The molecule has 2 aromatic carbocycles. The third-order valence-corrected chi connectivity index (χ3v) is 6.66. The fraction of sp³-hybridized carbons (Fsp3) is 0. The Morgan fingerprint density at radius 2 is 1.35 bits per heavy atom. The molecule has 0 heterocycles. The van der Waals surface area contributed by atoms with Crippen molar-refractivity contribution in [3.8, 4) is 0 Å². The summed E-state index contributed by atoms with van der Waals surface area (Å²) in [5.74, 6) is 0. The zero-order valence-electron chi connectivity index (χ0n) is 10.9. The van der Waals surface area contributed by atoms with Crippen molar-refractivity contribution in [1.82, 2.24) is 0 Å². The number of halogens is 1. The van der Waals surface area contributed by atoms with E-state index in [1.54, 1.807) is 6.08 Å². The summed E-state index contributed by atoms with van der Waals surface area (Å²) in [7, 11) is -3.46. The molecular weight excluding hydrogens is 263 g/mol. The number of hydrogen-bond acceptors (Lipinski definition) is 0. The van der Waals surface area contributed by atoms with Crippen molar-refractivity contribution in [2.24, 2.45) is 0 Å². The van der Waals surface area contributed by atoms with Gasteiger partial charge < -0.3 is 0 Å². The van der Waals surface area contributed by atoms with Crippen LogP contribution < -0.4 is 10.4 Å². The van der Waals surface area contributed by atoms with Crippen LogP contribution in [0.15, 0.2) is 95.6 Å². The van der Waals surface area contributed by atoms with Crippen LogP contribution >= 0.6 is 0 Å². The van der Waals surface area contributed by atoms with E-state index in [2.05, 4.69) is 11.5 Å². The van der Waals surface area contributed by atoms with Crippen LogP contribution in [0.5, 0.6) is 0 Å². The predicted molar refractivity (Wildman–Crippen MR) is 83.3 cm³/mol. The first kappa shape index (κ1) is 12.7. The van der Waals surface area contributed by atoms with Crippen molar-refractivity contribution in [2.75, 3.05) is 0 Å². The van der Waals surface area contributed by atoms with Gasteiger partial charge in [-0.1, -0.05) is 84.3 Å². The summed E-state index contributed by atoms with van der Waals surface area (Å²) in [6, 6.07) is 18.8. The Morgan fingerprint density at radius 3 is 1.80 bits per heavy atom. The molecule has 0 saturated carbocycles. The molecule has 2 heteroatoms. The van der Waals surface area contributed by atoms with Crippen LogP contribution in [0.3, 0.4) is 0 Å². The van der Waals surface area contributed by atoms with E-state index in [0.29, 0.717) is 5.20 Å². The molecule has 3 rings (SSSR count). The Labute approximate surface area is 119 Å². The summed E-state index contributed by atoms with van der Waals surface area (Å²) < 4.78 is 16.1. The lowest BCUT2D eigenvalue weighted by atomic mass is 10.3. The lowest BCUT2D eigenvalue weighted by molar-refractivity contribution is 0.835. The zero-order chi connectivity index (χ0) is 13.8. The van der Waals surface area contributed by atoms with Gasteiger partial charge in [0.05, 0.1) is 0 Å². The minimum Gasteiger partial charge on any atom is -0.295 e. The Hall–Kier alpha value is -2.37. The largest absolute Gasteiger partial charge is 0.347 e. The average molecular weight is 276 g/mol. The first-order chi connectivity index (χ1) is 9.82. The van der Waals surface area contributed by atoms with Crippen molar-refractivity contribution in [3.63, 3.8) is 0 Å². The minimum absolute atomic E-state index is 0.609. The first-order valence-electron chi connectivity index (χ1n) is 6.50. The van der Waals surface area contributed by atoms with E-state index in [0.717, 1.165) is 10.4 Å². The highest BCUT2D eigenvalue weighted by atomic mass is 28.4. The van der Waals surface area contributed by atoms with E-state index in [1.165, 1.54) is 0 Å². The van der Waals surface area contributed by atoms with Gasteiger partial charge in [0, 0.05) is 5.20 Å². The number of hydrogen-bond donors (Lipinski definition) is 0. The molecule has 0 radical (unpaired) electrons. The Morgan fingerprint density at radius 1 is 0.800 bits per heavy atom. The van der Waals surface area contributed by atoms with Crippen LogP contribution in [-0.4, -0.2) is 8.41 Å². The van der Waals surface area contributed by atoms with Crippen LogP contribution in [0.25, 0.3) is 0 Å². The van der Waals surface area contributed by atoms with Crippen LogP contribution in [0.1, 0.15) is 0 Å². The second kappa shape index (κ2) is 5.32. The molecule has 0 nitrogen and oxygen atoms in total.